The minimum atomic E-state index is 0.304. The maximum Gasteiger partial charge on any atom is 0.154 e. The molecule has 0 saturated heterocycles. The molecule has 0 radical (unpaired) electrons. The molecule has 0 spiro atoms. The Bertz CT molecular complexity index is 559. The summed E-state index contributed by atoms with van der Waals surface area (Å²) in [4.78, 5) is 4.06. The van der Waals surface area contributed by atoms with Crippen LogP contribution in [-0.4, -0.2) is 22.3 Å². The Morgan fingerprint density at radius 2 is 2.06 bits per heavy atom. The summed E-state index contributed by atoms with van der Waals surface area (Å²) in [7, 11) is 1.57. The predicted molar refractivity (Wildman–Crippen MR) is 66.0 cm³/mol. The van der Waals surface area contributed by atoms with E-state index in [0.717, 1.165) is 0 Å². The van der Waals surface area contributed by atoms with Crippen molar-refractivity contribution in [3.63, 3.8) is 0 Å². The van der Waals surface area contributed by atoms with Crippen molar-refractivity contribution in [2.45, 2.75) is 6.92 Å². The van der Waals surface area contributed by atoms with E-state index >= 15 is 0 Å². The van der Waals surface area contributed by atoms with Gasteiger partial charge in [0, 0.05) is 10.6 Å². The van der Waals surface area contributed by atoms with Crippen molar-refractivity contribution in [3.05, 3.63) is 29.0 Å². The monoisotopic (exact) mass is 250 g/mol. The summed E-state index contributed by atoms with van der Waals surface area (Å²) in [6.07, 6.45) is 0. The molecule has 0 unspecified atom stereocenters. The second-order valence-electron chi connectivity index (χ2n) is 3.44. The Kier molecular flexibility index (Phi) is 3.10. The average Bonchev–Trinajstić information content (AvgIpc) is 2.29. The lowest BCUT2D eigenvalue weighted by Gasteiger charge is -2.09. The molecule has 0 bridgehead atoms. The van der Waals surface area contributed by atoms with Gasteiger partial charge < -0.3 is 10.5 Å². The largest absolute Gasteiger partial charge is 0.496 e. The Labute approximate surface area is 104 Å². The minimum Gasteiger partial charge on any atom is -0.496 e. The van der Waals surface area contributed by atoms with E-state index in [1.807, 2.05) is 0 Å². The van der Waals surface area contributed by atoms with Gasteiger partial charge in [0.15, 0.2) is 5.82 Å². The third kappa shape index (κ3) is 2.29. The first-order valence-electron chi connectivity index (χ1n) is 4.92. The maximum absolute atomic E-state index is 5.94. The number of nitrogens with two attached hydrogens (primary N) is 1. The van der Waals surface area contributed by atoms with E-state index in [9.17, 15) is 0 Å². The van der Waals surface area contributed by atoms with Gasteiger partial charge in [0.25, 0.3) is 0 Å². The van der Waals surface area contributed by atoms with Crippen LogP contribution in [0.1, 0.15) is 5.82 Å². The molecule has 6 heteroatoms. The first kappa shape index (κ1) is 11.6. The Morgan fingerprint density at radius 1 is 1.29 bits per heavy atom. The molecule has 88 valence electrons. The fourth-order valence-corrected chi connectivity index (χ4v) is 1.65. The molecule has 17 heavy (non-hydrogen) atoms. The summed E-state index contributed by atoms with van der Waals surface area (Å²) in [6.45, 7) is 1.72. The number of aryl methyl sites for hydroxylation is 1. The van der Waals surface area contributed by atoms with Crippen molar-refractivity contribution in [1.82, 2.24) is 15.2 Å². The molecule has 1 aromatic carbocycles. The van der Waals surface area contributed by atoms with Crippen LogP contribution in [0.3, 0.4) is 0 Å². The lowest BCUT2D eigenvalue weighted by atomic mass is 10.1. The van der Waals surface area contributed by atoms with E-state index in [0.29, 0.717) is 33.7 Å². The van der Waals surface area contributed by atoms with Crippen LogP contribution in [-0.2, 0) is 0 Å². The zero-order valence-corrected chi connectivity index (χ0v) is 10.2. The van der Waals surface area contributed by atoms with Gasteiger partial charge in [0.2, 0.25) is 0 Å². The third-order valence-electron chi connectivity index (χ3n) is 2.24. The van der Waals surface area contributed by atoms with E-state index in [1.165, 1.54) is 0 Å². The average molecular weight is 251 g/mol. The van der Waals surface area contributed by atoms with Gasteiger partial charge in [-0.1, -0.05) is 11.6 Å². The molecule has 0 fully saturated rings. The first-order valence-corrected chi connectivity index (χ1v) is 5.30. The highest BCUT2D eigenvalue weighted by molar-refractivity contribution is 6.31. The van der Waals surface area contributed by atoms with E-state index in [2.05, 4.69) is 15.2 Å². The number of hydrogen-bond donors (Lipinski definition) is 1. The molecular weight excluding hydrogens is 240 g/mol. The van der Waals surface area contributed by atoms with E-state index in [4.69, 9.17) is 22.1 Å². The molecule has 0 atom stereocenters. The molecule has 2 aromatic rings. The Hall–Kier alpha value is -1.88. The van der Waals surface area contributed by atoms with Crippen molar-refractivity contribution >= 4 is 17.4 Å². The normalized spacial score (nSPS) is 10.3. The van der Waals surface area contributed by atoms with E-state index in [1.54, 1.807) is 32.2 Å². The number of benzene rings is 1. The molecule has 2 rings (SSSR count). The summed E-state index contributed by atoms with van der Waals surface area (Å²) in [5, 5.41) is 8.48. The second-order valence-corrected chi connectivity index (χ2v) is 3.87. The van der Waals surface area contributed by atoms with Crippen LogP contribution >= 0.6 is 11.6 Å². The second kappa shape index (κ2) is 4.55. The van der Waals surface area contributed by atoms with Crippen LogP contribution in [0, 0.1) is 6.92 Å². The topological polar surface area (TPSA) is 73.9 Å². The molecule has 0 amide bonds. The van der Waals surface area contributed by atoms with Gasteiger partial charge in [-0.25, -0.2) is 4.98 Å². The number of anilines is 1. The van der Waals surface area contributed by atoms with Crippen LogP contribution in [0.15, 0.2) is 18.2 Å². The maximum atomic E-state index is 5.94. The number of hydrogen-bond acceptors (Lipinski definition) is 5. The summed E-state index contributed by atoms with van der Waals surface area (Å²) < 4.78 is 5.23. The molecule has 0 aliphatic carbocycles. The number of aromatic nitrogens is 3. The van der Waals surface area contributed by atoms with Gasteiger partial charge in [0.1, 0.15) is 17.3 Å². The Morgan fingerprint density at radius 3 is 2.71 bits per heavy atom. The summed E-state index contributed by atoms with van der Waals surface area (Å²) in [5.41, 5.74) is 6.96. The van der Waals surface area contributed by atoms with Crippen molar-refractivity contribution in [1.29, 1.82) is 0 Å². The lowest BCUT2D eigenvalue weighted by Crippen LogP contribution is -2.03. The molecule has 0 aliphatic heterocycles. The van der Waals surface area contributed by atoms with Crippen molar-refractivity contribution in [2.75, 3.05) is 12.8 Å². The lowest BCUT2D eigenvalue weighted by molar-refractivity contribution is 0.416. The summed E-state index contributed by atoms with van der Waals surface area (Å²) >= 11 is 5.94. The van der Waals surface area contributed by atoms with Crippen LogP contribution in [0.5, 0.6) is 5.75 Å². The molecule has 1 aromatic heterocycles. The quantitative estimate of drug-likeness (QED) is 0.883. The molecule has 5 nitrogen and oxygen atoms in total. The fraction of sp³-hybridized carbons (Fsp3) is 0.182. The SMILES string of the molecule is COc1ccc(Cl)cc1-c1nnc(C)nc1N. The third-order valence-corrected chi connectivity index (χ3v) is 2.47. The number of methoxy groups -OCH3 is 1. The van der Waals surface area contributed by atoms with Gasteiger partial charge in [0.05, 0.1) is 7.11 Å². The molecule has 0 saturated carbocycles. The standard InChI is InChI=1S/C11H11ClN4O/c1-6-14-11(13)10(16-15-6)8-5-7(12)3-4-9(8)17-2/h3-5H,1-2H3,(H2,13,14,15). The van der Waals surface area contributed by atoms with Crippen molar-refractivity contribution in [2.24, 2.45) is 0 Å². The smallest absolute Gasteiger partial charge is 0.154 e. The van der Waals surface area contributed by atoms with Crippen molar-refractivity contribution in [3.8, 4) is 17.0 Å². The van der Waals surface area contributed by atoms with Gasteiger partial charge in [-0.15, -0.1) is 10.2 Å². The van der Waals surface area contributed by atoms with Crippen LogP contribution < -0.4 is 10.5 Å². The van der Waals surface area contributed by atoms with Gasteiger partial charge >= 0.3 is 0 Å². The minimum absolute atomic E-state index is 0.304. The summed E-state index contributed by atoms with van der Waals surface area (Å²) in [5.74, 6) is 1.45. The number of nitrogens with zero attached hydrogens (tertiary/aromatic N) is 3. The van der Waals surface area contributed by atoms with Gasteiger partial charge in [-0.05, 0) is 25.1 Å². The molecule has 1 heterocycles. The van der Waals surface area contributed by atoms with Crippen molar-refractivity contribution < 1.29 is 4.74 Å². The fourth-order valence-electron chi connectivity index (χ4n) is 1.48. The highest BCUT2D eigenvalue weighted by atomic mass is 35.5. The zero-order chi connectivity index (χ0) is 12.4. The van der Waals surface area contributed by atoms with E-state index in [-0.39, 0.29) is 0 Å². The zero-order valence-electron chi connectivity index (χ0n) is 9.44. The van der Waals surface area contributed by atoms with Crippen LogP contribution in [0.2, 0.25) is 5.02 Å². The number of nitrogen functional groups attached to an aromatic ring is 1. The van der Waals surface area contributed by atoms with E-state index < -0.39 is 0 Å². The summed E-state index contributed by atoms with van der Waals surface area (Å²) in [6, 6.07) is 5.20. The number of rotatable bonds is 2. The molecular formula is C11H11ClN4O. The highest BCUT2D eigenvalue weighted by Crippen LogP contribution is 2.33. The van der Waals surface area contributed by atoms with Crippen LogP contribution in [0.25, 0.3) is 11.3 Å². The highest BCUT2D eigenvalue weighted by Gasteiger charge is 2.13. The number of halogens is 1. The van der Waals surface area contributed by atoms with Crippen LogP contribution in [0.4, 0.5) is 5.82 Å². The first-order chi connectivity index (χ1) is 8.11. The van der Waals surface area contributed by atoms with Gasteiger partial charge in [-0.2, -0.15) is 0 Å². The molecule has 0 aliphatic rings. The molecule has 2 N–H and O–H groups in total. The number of ether oxygens (including phenoxy) is 1. The predicted octanol–water partition coefficient (Wildman–Crippen LogP) is 2.09. The Balaban J connectivity index is 2.62. The van der Waals surface area contributed by atoms with Gasteiger partial charge in [-0.3, -0.25) is 0 Å².